The SMILES string of the molecule is O=C(CCc1ccccc1Cl)N1C[C@@H]2COC[C@]2(C(=O)O)C1. The van der Waals surface area contributed by atoms with E-state index in [1.807, 2.05) is 18.2 Å². The van der Waals surface area contributed by atoms with Gasteiger partial charge < -0.3 is 14.7 Å². The third-order valence-electron chi connectivity index (χ3n) is 4.72. The van der Waals surface area contributed by atoms with Crippen molar-refractivity contribution in [1.82, 2.24) is 4.90 Å². The Morgan fingerprint density at radius 3 is 2.86 bits per heavy atom. The number of rotatable bonds is 4. The summed E-state index contributed by atoms with van der Waals surface area (Å²) in [6.45, 7) is 1.32. The summed E-state index contributed by atoms with van der Waals surface area (Å²) in [5.74, 6) is -0.986. The molecule has 1 amide bonds. The molecule has 3 rings (SSSR count). The number of likely N-dealkylation sites (tertiary alicyclic amines) is 1. The lowest BCUT2D eigenvalue weighted by Crippen LogP contribution is -2.40. The Bertz CT molecular complexity index is 606. The minimum Gasteiger partial charge on any atom is -0.481 e. The first-order chi connectivity index (χ1) is 10.5. The van der Waals surface area contributed by atoms with Crippen LogP contribution in [0.15, 0.2) is 24.3 Å². The van der Waals surface area contributed by atoms with Crippen LogP contribution in [0, 0.1) is 11.3 Å². The third-order valence-corrected chi connectivity index (χ3v) is 5.09. The number of carbonyl (C=O) groups is 2. The van der Waals surface area contributed by atoms with Crippen molar-refractivity contribution in [1.29, 1.82) is 0 Å². The molecule has 2 aliphatic heterocycles. The van der Waals surface area contributed by atoms with Gasteiger partial charge in [-0.25, -0.2) is 0 Å². The van der Waals surface area contributed by atoms with E-state index in [0.717, 1.165) is 5.56 Å². The summed E-state index contributed by atoms with van der Waals surface area (Å²) in [5.41, 5.74) is 0.0215. The summed E-state index contributed by atoms with van der Waals surface area (Å²) in [4.78, 5) is 25.6. The van der Waals surface area contributed by atoms with Crippen LogP contribution in [-0.2, 0) is 20.7 Å². The van der Waals surface area contributed by atoms with Crippen molar-refractivity contribution in [3.05, 3.63) is 34.9 Å². The Kier molecular flexibility index (Phi) is 4.10. The van der Waals surface area contributed by atoms with Gasteiger partial charge in [-0.1, -0.05) is 29.8 Å². The number of hydrogen-bond donors (Lipinski definition) is 1. The lowest BCUT2D eigenvalue weighted by atomic mass is 9.81. The van der Waals surface area contributed by atoms with E-state index in [-0.39, 0.29) is 25.0 Å². The van der Waals surface area contributed by atoms with Crippen molar-refractivity contribution >= 4 is 23.5 Å². The lowest BCUT2D eigenvalue weighted by molar-refractivity contribution is -0.149. The van der Waals surface area contributed by atoms with Gasteiger partial charge in [0.2, 0.25) is 5.91 Å². The minimum absolute atomic E-state index is 0.0186. The van der Waals surface area contributed by atoms with Gasteiger partial charge in [0, 0.05) is 30.5 Å². The Morgan fingerprint density at radius 1 is 1.41 bits per heavy atom. The van der Waals surface area contributed by atoms with Gasteiger partial charge >= 0.3 is 5.97 Å². The molecule has 2 aliphatic rings. The zero-order valence-electron chi connectivity index (χ0n) is 12.1. The summed E-state index contributed by atoms with van der Waals surface area (Å²) >= 11 is 6.09. The summed E-state index contributed by atoms with van der Waals surface area (Å²) in [7, 11) is 0. The molecule has 22 heavy (non-hydrogen) atoms. The van der Waals surface area contributed by atoms with E-state index in [0.29, 0.717) is 31.0 Å². The number of carboxylic acids is 1. The van der Waals surface area contributed by atoms with E-state index in [4.69, 9.17) is 16.3 Å². The van der Waals surface area contributed by atoms with Crippen LogP contribution in [0.1, 0.15) is 12.0 Å². The Labute approximate surface area is 133 Å². The van der Waals surface area contributed by atoms with Gasteiger partial charge in [-0.05, 0) is 18.1 Å². The second kappa shape index (κ2) is 5.89. The van der Waals surface area contributed by atoms with Crippen molar-refractivity contribution in [3.8, 4) is 0 Å². The number of halogens is 1. The highest BCUT2D eigenvalue weighted by atomic mass is 35.5. The topological polar surface area (TPSA) is 66.8 Å². The molecule has 2 heterocycles. The smallest absolute Gasteiger partial charge is 0.314 e. The number of nitrogens with zero attached hydrogens (tertiary/aromatic N) is 1. The zero-order valence-corrected chi connectivity index (χ0v) is 12.9. The normalized spacial score (nSPS) is 27.0. The molecule has 0 aliphatic carbocycles. The standard InChI is InChI=1S/C16H18ClNO4/c17-13-4-2-1-3-11(13)5-6-14(19)18-7-12-8-22-10-16(12,9-18)15(20)21/h1-4,12H,5-10H2,(H,20,21)/t12-,16-/m1/s1. The Hall–Kier alpha value is -1.59. The fourth-order valence-electron chi connectivity index (χ4n) is 3.33. The molecule has 5 nitrogen and oxygen atoms in total. The van der Waals surface area contributed by atoms with E-state index in [9.17, 15) is 14.7 Å². The van der Waals surface area contributed by atoms with Gasteiger partial charge in [-0.15, -0.1) is 0 Å². The minimum atomic E-state index is -0.917. The van der Waals surface area contributed by atoms with Gasteiger partial charge in [-0.3, -0.25) is 9.59 Å². The van der Waals surface area contributed by atoms with Crippen LogP contribution in [0.4, 0.5) is 0 Å². The Balaban J connectivity index is 1.63. The predicted molar refractivity (Wildman–Crippen MR) is 80.7 cm³/mol. The van der Waals surface area contributed by atoms with Gasteiger partial charge in [0.25, 0.3) is 0 Å². The number of aliphatic carboxylic acids is 1. The van der Waals surface area contributed by atoms with E-state index in [2.05, 4.69) is 0 Å². The quantitative estimate of drug-likeness (QED) is 0.918. The van der Waals surface area contributed by atoms with Crippen molar-refractivity contribution in [2.45, 2.75) is 12.8 Å². The molecule has 1 aromatic carbocycles. The van der Waals surface area contributed by atoms with E-state index < -0.39 is 11.4 Å². The van der Waals surface area contributed by atoms with E-state index in [1.165, 1.54) is 0 Å². The van der Waals surface area contributed by atoms with Crippen LogP contribution in [0.5, 0.6) is 0 Å². The molecule has 0 radical (unpaired) electrons. The van der Waals surface area contributed by atoms with Crippen LogP contribution in [0.2, 0.25) is 5.02 Å². The number of benzene rings is 1. The molecule has 0 unspecified atom stereocenters. The number of aryl methyl sites for hydroxylation is 1. The van der Waals surface area contributed by atoms with Crippen molar-refractivity contribution in [2.75, 3.05) is 26.3 Å². The number of amides is 1. The molecule has 2 fully saturated rings. The van der Waals surface area contributed by atoms with Crippen molar-refractivity contribution in [2.24, 2.45) is 11.3 Å². The monoisotopic (exact) mass is 323 g/mol. The highest BCUT2D eigenvalue weighted by Crippen LogP contribution is 2.41. The summed E-state index contributed by atoms with van der Waals surface area (Å²) < 4.78 is 5.31. The maximum Gasteiger partial charge on any atom is 0.314 e. The first-order valence-electron chi connectivity index (χ1n) is 7.35. The zero-order chi connectivity index (χ0) is 15.7. The number of ether oxygens (including phenoxy) is 1. The molecule has 118 valence electrons. The summed E-state index contributed by atoms with van der Waals surface area (Å²) in [6, 6.07) is 7.45. The number of carboxylic acid groups (broad SMARTS) is 1. The molecular weight excluding hydrogens is 306 g/mol. The summed E-state index contributed by atoms with van der Waals surface area (Å²) in [6.07, 6.45) is 0.906. The number of fused-ring (bicyclic) bond motifs is 1. The van der Waals surface area contributed by atoms with E-state index >= 15 is 0 Å². The van der Waals surface area contributed by atoms with Crippen LogP contribution in [0.25, 0.3) is 0 Å². The predicted octanol–water partition coefficient (Wildman–Crippen LogP) is 1.83. The molecule has 6 heteroatoms. The molecule has 1 aromatic rings. The lowest BCUT2D eigenvalue weighted by Gasteiger charge is -2.22. The highest BCUT2D eigenvalue weighted by molar-refractivity contribution is 6.31. The average molecular weight is 324 g/mol. The van der Waals surface area contributed by atoms with Crippen LogP contribution >= 0.6 is 11.6 Å². The van der Waals surface area contributed by atoms with Crippen LogP contribution in [-0.4, -0.2) is 48.2 Å². The van der Waals surface area contributed by atoms with Gasteiger partial charge in [-0.2, -0.15) is 0 Å². The van der Waals surface area contributed by atoms with Crippen LogP contribution in [0.3, 0.4) is 0 Å². The van der Waals surface area contributed by atoms with Gasteiger partial charge in [0.1, 0.15) is 5.41 Å². The maximum atomic E-state index is 12.4. The highest BCUT2D eigenvalue weighted by Gasteiger charge is 2.57. The van der Waals surface area contributed by atoms with Crippen LogP contribution < -0.4 is 0 Å². The van der Waals surface area contributed by atoms with Crippen molar-refractivity contribution < 1.29 is 19.4 Å². The van der Waals surface area contributed by atoms with Crippen molar-refractivity contribution in [3.63, 3.8) is 0 Å². The van der Waals surface area contributed by atoms with Gasteiger partial charge in [0.05, 0.1) is 13.2 Å². The maximum absolute atomic E-state index is 12.4. The second-order valence-electron chi connectivity index (χ2n) is 6.04. The molecule has 0 spiro atoms. The summed E-state index contributed by atoms with van der Waals surface area (Å²) in [5, 5.41) is 10.1. The largest absolute Gasteiger partial charge is 0.481 e. The first-order valence-corrected chi connectivity index (χ1v) is 7.73. The van der Waals surface area contributed by atoms with Gasteiger partial charge in [0.15, 0.2) is 0 Å². The first kappa shape index (κ1) is 15.3. The molecule has 2 saturated heterocycles. The molecule has 2 atom stereocenters. The molecular formula is C16H18ClNO4. The Morgan fingerprint density at radius 2 is 2.18 bits per heavy atom. The fourth-order valence-corrected chi connectivity index (χ4v) is 3.56. The molecule has 1 N–H and O–H groups in total. The van der Waals surface area contributed by atoms with E-state index in [1.54, 1.807) is 11.0 Å². The second-order valence-corrected chi connectivity index (χ2v) is 6.45. The molecule has 0 bridgehead atoms. The number of hydrogen-bond acceptors (Lipinski definition) is 3. The third kappa shape index (κ3) is 2.59. The average Bonchev–Trinajstić information content (AvgIpc) is 3.04. The fraction of sp³-hybridized carbons (Fsp3) is 0.500. The molecule has 0 saturated carbocycles. The molecule has 0 aromatic heterocycles. The number of carbonyl (C=O) groups excluding carboxylic acids is 1.